The Labute approximate surface area is 83.8 Å². The first-order chi connectivity index (χ1) is 6.80. The molecule has 0 saturated heterocycles. The molecule has 0 radical (unpaired) electrons. The van der Waals surface area contributed by atoms with E-state index in [1.807, 2.05) is 0 Å². The average molecular weight is 214 g/mol. The monoisotopic (exact) mass is 214 g/mol. The highest BCUT2D eigenvalue weighted by Gasteiger charge is 2.09. The van der Waals surface area contributed by atoms with Gasteiger partial charge in [0, 0.05) is 19.8 Å². The van der Waals surface area contributed by atoms with Crippen LogP contribution in [-0.2, 0) is 9.05 Å². The second-order valence-electron chi connectivity index (χ2n) is 2.37. The van der Waals surface area contributed by atoms with Gasteiger partial charge < -0.3 is 13.6 Å². The smallest absolute Gasteiger partial charge is 0.396 e. The van der Waals surface area contributed by atoms with Crippen LogP contribution in [0.25, 0.3) is 0 Å². The van der Waals surface area contributed by atoms with Crippen molar-refractivity contribution in [2.75, 3.05) is 14.2 Å². The lowest BCUT2D eigenvalue weighted by Gasteiger charge is -2.12. The SMILES string of the molecule is COP(OC)Oc1ccc(C=O)cc1. The molecule has 0 bridgehead atoms. The van der Waals surface area contributed by atoms with Gasteiger partial charge in [-0.05, 0) is 24.3 Å². The number of hydrogen-bond donors (Lipinski definition) is 0. The molecule has 1 rings (SSSR count). The van der Waals surface area contributed by atoms with Gasteiger partial charge >= 0.3 is 8.60 Å². The van der Waals surface area contributed by atoms with E-state index in [0.717, 1.165) is 6.29 Å². The maximum Gasteiger partial charge on any atom is 0.396 e. The molecule has 5 heteroatoms. The molecule has 0 atom stereocenters. The number of carbonyl (C=O) groups is 1. The molecule has 0 aliphatic carbocycles. The molecule has 0 aliphatic heterocycles. The van der Waals surface area contributed by atoms with E-state index in [1.165, 1.54) is 14.2 Å². The first-order valence-corrected chi connectivity index (χ1v) is 5.01. The second kappa shape index (κ2) is 5.70. The van der Waals surface area contributed by atoms with Gasteiger partial charge in [-0.3, -0.25) is 4.79 Å². The zero-order valence-corrected chi connectivity index (χ0v) is 8.86. The summed E-state index contributed by atoms with van der Waals surface area (Å²) in [5.41, 5.74) is 0.608. The molecule has 76 valence electrons. The summed E-state index contributed by atoms with van der Waals surface area (Å²) in [7, 11) is 1.68. The third-order valence-electron chi connectivity index (χ3n) is 1.49. The van der Waals surface area contributed by atoms with E-state index < -0.39 is 8.60 Å². The number of rotatable bonds is 5. The lowest BCUT2D eigenvalue weighted by Crippen LogP contribution is -1.91. The molecule has 0 fully saturated rings. The van der Waals surface area contributed by atoms with E-state index in [-0.39, 0.29) is 0 Å². The third kappa shape index (κ3) is 3.07. The van der Waals surface area contributed by atoms with Crippen molar-refractivity contribution >= 4 is 14.9 Å². The van der Waals surface area contributed by atoms with Gasteiger partial charge in [0.2, 0.25) is 0 Å². The predicted octanol–water partition coefficient (Wildman–Crippen LogP) is 2.40. The van der Waals surface area contributed by atoms with Crippen molar-refractivity contribution in [2.45, 2.75) is 0 Å². The van der Waals surface area contributed by atoms with E-state index in [9.17, 15) is 4.79 Å². The van der Waals surface area contributed by atoms with Gasteiger partial charge in [-0.25, -0.2) is 0 Å². The van der Waals surface area contributed by atoms with Gasteiger partial charge in [-0.2, -0.15) is 0 Å². The topological polar surface area (TPSA) is 44.8 Å². The fourth-order valence-corrected chi connectivity index (χ4v) is 1.43. The highest BCUT2D eigenvalue weighted by molar-refractivity contribution is 7.42. The Kier molecular flexibility index (Phi) is 4.53. The Hall–Kier alpha value is -0.960. The van der Waals surface area contributed by atoms with E-state index in [4.69, 9.17) is 13.6 Å². The summed E-state index contributed by atoms with van der Waals surface area (Å²) in [6.07, 6.45) is 0.777. The molecule has 4 nitrogen and oxygen atoms in total. The highest BCUT2D eigenvalue weighted by atomic mass is 31.2. The van der Waals surface area contributed by atoms with Crippen LogP contribution in [0.1, 0.15) is 10.4 Å². The minimum absolute atomic E-state index is 0.608. The van der Waals surface area contributed by atoms with Crippen LogP contribution >= 0.6 is 8.60 Å². The zero-order valence-electron chi connectivity index (χ0n) is 7.97. The number of benzene rings is 1. The molecule has 0 amide bonds. The molecule has 0 spiro atoms. The van der Waals surface area contributed by atoms with Crippen LogP contribution in [-0.4, -0.2) is 20.5 Å². The summed E-state index contributed by atoms with van der Waals surface area (Å²) in [6, 6.07) is 6.72. The fraction of sp³-hybridized carbons (Fsp3) is 0.222. The summed E-state index contributed by atoms with van der Waals surface area (Å²) in [5, 5.41) is 0. The van der Waals surface area contributed by atoms with Crippen molar-refractivity contribution in [1.29, 1.82) is 0 Å². The summed E-state index contributed by atoms with van der Waals surface area (Å²) in [6.45, 7) is 0. The van der Waals surface area contributed by atoms with Gasteiger partial charge in [0.05, 0.1) is 0 Å². The average Bonchev–Trinajstić information content (AvgIpc) is 2.26. The number of aldehydes is 1. The van der Waals surface area contributed by atoms with Crippen LogP contribution in [0, 0.1) is 0 Å². The molecule has 0 N–H and O–H groups in total. The van der Waals surface area contributed by atoms with Crippen molar-refractivity contribution in [3.63, 3.8) is 0 Å². The summed E-state index contributed by atoms with van der Waals surface area (Å²) in [5.74, 6) is 0.616. The van der Waals surface area contributed by atoms with Crippen molar-refractivity contribution in [3.8, 4) is 5.75 Å². The van der Waals surface area contributed by atoms with Crippen LogP contribution < -0.4 is 4.52 Å². The fourth-order valence-electron chi connectivity index (χ4n) is 0.842. The molecule has 0 unspecified atom stereocenters. The number of hydrogen-bond acceptors (Lipinski definition) is 4. The second-order valence-corrected chi connectivity index (χ2v) is 3.73. The first kappa shape index (κ1) is 11.1. The third-order valence-corrected chi connectivity index (χ3v) is 2.45. The van der Waals surface area contributed by atoms with Crippen LogP contribution in [0.3, 0.4) is 0 Å². The van der Waals surface area contributed by atoms with Crippen LogP contribution in [0.5, 0.6) is 5.75 Å². The molecule has 0 saturated carbocycles. The maximum absolute atomic E-state index is 10.4. The van der Waals surface area contributed by atoms with Crippen molar-refractivity contribution in [1.82, 2.24) is 0 Å². The Morgan fingerprint density at radius 3 is 2.14 bits per heavy atom. The summed E-state index contributed by atoms with van der Waals surface area (Å²) >= 11 is 0. The molecule has 0 heterocycles. The lowest BCUT2D eigenvalue weighted by molar-refractivity contribution is 0.112. The van der Waals surface area contributed by atoms with E-state index in [1.54, 1.807) is 24.3 Å². The summed E-state index contributed by atoms with van der Waals surface area (Å²) in [4.78, 5) is 10.4. The highest BCUT2D eigenvalue weighted by Crippen LogP contribution is 2.38. The van der Waals surface area contributed by atoms with E-state index in [2.05, 4.69) is 0 Å². The molecule has 1 aromatic carbocycles. The van der Waals surface area contributed by atoms with Gasteiger partial charge in [-0.1, -0.05) is 0 Å². The van der Waals surface area contributed by atoms with Crippen LogP contribution in [0.15, 0.2) is 24.3 Å². The zero-order chi connectivity index (χ0) is 10.4. The van der Waals surface area contributed by atoms with Gasteiger partial charge in [0.25, 0.3) is 0 Å². The molecule has 14 heavy (non-hydrogen) atoms. The lowest BCUT2D eigenvalue weighted by atomic mass is 10.2. The predicted molar refractivity (Wildman–Crippen MR) is 53.4 cm³/mol. The quantitative estimate of drug-likeness (QED) is 0.557. The number of carbonyl (C=O) groups excluding carboxylic acids is 1. The van der Waals surface area contributed by atoms with E-state index >= 15 is 0 Å². The molecular formula is C9H11O4P. The molecule has 0 aromatic heterocycles. The van der Waals surface area contributed by atoms with Gasteiger partial charge in [-0.15, -0.1) is 0 Å². The minimum Gasteiger partial charge on any atom is -0.427 e. The molecule has 1 aromatic rings. The van der Waals surface area contributed by atoms with Crippen molar-refractivity contribution in [2.24, 2.45) is 0 Å². The Morgan fingerprint density at radius 1 is 1.14 bits per heavy atom. The van der Waals surface area contributed by atoms with Gasteiger partial charge in [0.15, 0.2) is 0 Å². The first-order valence-electron chi connectivity index (χ1n) is 3.91. The van der Waals surface area contributed by atoms with E-state index in [0.29, 0.717) is 11.3 Å². The summed E-state index contributed by atoms with van der Waals surface area (Å²) < 4.78 is 15.1. The largest absolute Gasteiger partial charge is 0.427 e. The van der Waals surface area contributed by atoms with Crippen LogP contribution in [0.2, 0.25) is 0 Å². The Bertz CT molecular complexity index is 281. The van der Waals surface area contributed by atoms with Crippen molar-refractivity contribution < 1.29 is 18.4 Å². The van der Waals surface area contributed by atoms with Crippen molar-refractivity contribution in [3.05, 3.63) is 29.8 Å². The molecule has 0 aliphatic rings. The standard InChI is InChI=1S/C9H11O4P/c1-11-14(12-2)13-9-5-3-8(7-10)4-6-9/h3-7H,1-2H3. The minimum atomic E-state index is -1.33. The van der Waals surface area contributed by atoms with Gasteiger partial charge in [0.1, 0.15) is 12.0 Å². The Morgan fingerprint density at radius 2 is 1.71 bits per heavy atom. The maximum atomic E-state index is 10.4. The Balaban J connectivity index is 2.63. The molecular weight excluding hydrogens is 203 g/mol. The van der Waals surface area contributed by atoms with Crippen LogP contribution in [0.4, 0.5) is 0 Å². The normalized spacial score (nSPS) is 10.2.